The van der Waals surface area contributed by atoms with Crippen LogP contribution in [0.3, 0.4) is 0 Å². The molecule has 0 bridgehead atoms. The van der Waals surface area contributed by atoms with Gasteiger partial charge in [0.25, 0.3) is 0 Å². The molecule has 1 aromatic heterocycles. The van der Waals surface area contributed by atoms with Crippen LogP contribution in [0, 0.1) is 0 Å². The minimum absolute atomic E-state index is 0.0539. The van der Waals surface area contributed by atoms with E-state index in [1.54, 1.807) is 0 Å². The van der Waals surface area contributed by atoms with Gasteiger partial charge in [0.05, 0.1) is 14.2 Å². The molecule has 0 aliphatic carbocycles. The van der Waals surface area contributed by atoms with Crippen LogP contribution in [0.1, 0.15) is 16.1 Å². The summed E-state index contributed by atoms with van der Waals surface area (Å²) in [6.45, 7) is -0.268. The number of rotatable bonds is 4. The number of carbonyl (C=O) groups excluding carboxylic acids is 1. The highest BCUT2D eigenvalue weighted by Gasteiger charge is 2.35. The normalized spacial score (nSPS) is 11.1. The fourth-order valence-electron chi connectivity index (χ4n) is 1.32. The Hall–Kier alpha value is -2.03. The molecule has 0 saturated carbocycles. The molecule has 2 N–H and O–H groups in total. The minimum atomic E-state index is -4.95. The van der Waals surface area contributed by atoms with E-state index in [0.717, 1.165) is 20.4 Å². The van der Waals surface area contributed by atoms with Gasteiger partial charge in [0.15, 0.2) is 17.2 Å². The molecule has 0 aromatic carbocycles. The number of nitrogens with zero attached hydrogens (tertiary/aromatic N) is 1. The molecule has 0 radical (unpaired) electrons. The lowest BCUT2D eigenvalue weighted by atomic mass is 10.2. The van der Waals surface area contributed by atoms with Crippen LogP contribution in [-0.2, 0) is 11.3 Å². The van der Waals surface area contributed by atoms with E-state index in [1.807, 2.05) is 0 Å². The molecule has 0 unspecified atom stereocenters. The highest BCUT2D eigenvalue weighted by molar-refractivity contribution is 5.91. The third-order valence-corrected chi connectivity index (χ3v) is 2.08. The number of halogens is 3. The lowest BCUT2D eigenvalue weighted by molar-refractivity contribution is -0.275. The van der Waals surface area contributed by atoms with Gasteiger partial charge in [-0.25, -0.2) is 9.78 Å². The van der Waals surface area contributed by atoms with E-state index in [4.69, 9.17) is 10.5 Å². The zero-order chi connectivity index (χ0) is 14.6. The second-order valence-electron chi connectivity index (χ2n) is 3.24. The van der Waals surface area contributed by atoms with Gasteiger partial charge in [-0.1, -0.05) is 0 Å². The number of pyridine rings is 1. The van der Waals surface area contributed by atoms with Crippen LogP contribution >= 0.6 is 0 Å². The van der Waals surface area contributed by atoms with E-state index in [0.29, 0.717) is 0 Å². The molecule has 0 saturated heterocycles. The largest absolute Gasteiger partial charge is 0.573 e. The topological polar surface area (TPSA) is 83.7 Å². The van der Waals surface area contributed by atoms with Crippen molar-refractivity contribution in [3.63, 3.8) is 0 Å². The van der Waals surface area contributed by atoms with E-state index in [-0.39, 0.29) is 12.1 Å². The lowest BCUT2D eigenvalue weighted by Crippen LogP contribution is -2.21. The number of hydrogen-bond acceptors (Lipinski definition) is 6. The number of hydrogen-bond donors (Lipinski definition) is 1. The smallest absolute Gasteiger partial charge is 0.491 e. The van der Waals surface area contributed by atoms with Crippen molar-refractivity contribution in [1.82, 2.24) is 4.98 Å². The number of esters is 1. The molecule has 1 heterocycles. The van der Waals surface area contributed by atoms with Crippen LogP contribution in [0.5, 0.6) is 11.5 Å². The summed E-state index contributed by atoms with van der Waals surface area (Å²) in [6, 6.07) is 0. The molecular weight excluding hydrogens is 269 g/mol. The van der Waals surface area contributed by atoms with Crippen LogP contribution in [-0.4, -0.2) is 31.5 Å². The minimum Gasteiger partial charge on any atom is -0.491 e. The molecule has 0 fully saturated rings. The van der Waals surface area contributed by atoms with Crippen molar-refractivity contribution >= 4 is 5.97 Å². The SMILES string of the molecule is COC(=O)c1ncc(CN)c(OC(F)(F)F)c1OC. The summed E-state index contributed by atoms with van der Waals surface area (Å²) < 4.78 is 50.0. The third-order valence-electron chi connectivity index (χ3n) is 2.08. The van der Waals surface area contributed by atoms with Crippen LogP contribution < -0.4 is 15.2 Å². The summed E-state index contributed by atoms with van der Waals surface area (Å²) in [4.78, 5) is 15.0. The van der Waals surface area contributed by atoms with Gasteiger partial charge in [-0.05, 0) is 0 Å². The quantitative estimate of drug-likeness (QED) is 0.835. The van der Waals surface area contributed by atoms with Crippen molar-refractivity contribution in [3.8, 4) is 11.5 Å². The Balaban J connectivity index is 3.41. The van der Waals surface area contributed by atoms with Crippen molar-refractivity contribution in [3.05, 3.63) is 17.5 Å². The Morgan fingerprint density at radius 3 is 2.42 bits per heavy atom. The number of carbonyl (C=O) groups is 1. The van der Waals surface area contributed by atoms with Gasteiger partial charge in [0.1, 0.15) is 0 Å². The van der Waals surface area contributed by atoms with Crippen LogP contribution in [0.15, 0.2) is 6.20 Å². The average molecular weight is 280 g/mol. The molecule has 9 heteroatoms. The summed E-state index contributed by atoms with van der Waals surface area (Å²) in [5.41, 5.74) is 4.81. The first-order valence-corrected chi connectivity index (χ1v) is 4.94. The monoisotopic (exact) mass is 280 g/mol. The highest BCUT2D eigenvalue weighted by Crippen LogP contribution is 2.37. The number of aromatic nitrogens is 1. The molecule has 1 aromatic rings. The Labute approximate surface area is 106 Å². The number of nitrogens with two attached hydrogens (primary N) is 1. The molecule has 0 aliphatic rings. The molecule has 0 amide bonds. The Morgan fingerprint density at radius 2 is 2.00 bits per heavy atom. The summed E-state index contributed by atoms with van der Waals surface area (Å²) in [5, 5.41) is 0. The Kier molecular flexibility index (Phi) is 4.54. The van der Waals surface area contributed by atoms with Crippen molar-refractivity contribution in [2.45, 2.75) is 12.9 Å². The average Bonchev–Trinajstić information content (AvgIpc) is 2.35. The van der Waals surface area contributed by atoms with E-state index >= 15 is 0 Å². The first-order chi connectivity index (χ1) is 8.84. The molecular formula is C10H11F3N2O4. The molecule has 19 heavy (non-hydrogen) atoms. The van der Waals surface area contributed by atoms with Crippen LogP contribution in [0.2, 0.25) is 0 Å². The van der Waals surface area contributed by atoms with Gasteiger partial charge in [0.2, 0.25) is 0 Å². The third kappa shape index (κ3) is 3.47. The second-order valence-corrected chi connectivity index (χ2v) is 3.24. The predicted octanol–water partition coefficient (Wildman–Crippen LogP) is 1.23. The van der Waals surface area contributed by atoms with Gasteiger partial charge in [-0.3, -0.25) is 0 Å². The van der Waals surface area contributed by atoms with Gasteiger partial charge in [-0.15, -0.1) is 13.2 Å². The van der Waals surface area contributed by atoms with Crippen LogP contribution in [0.25, 0.3) is 0 Å². The fourth-order valence-corrected chi connectivity index (χ4v) is 1.32. The second kappa shape index (κ2) is 5.74. The highest BCUT2D eigenvalue weighted by atomic mass is 19.4. The Morgan fingerprint density at radius 1 is 1.37 bits per heavy atom. The van der Waals surface area contributed by atoms with Gasteiger partial charge in [-0.2, -0.15) is 0 Å². The van der Waals surface area contributed by atoms with Gasteiger partial charge < -0.3 is 19.9 Å². The first kappa shape index (κ1) is 15.0. The lowest BCUT2D eigenvalue weighted by Gasteiger charge is -2.16. The van der Waals surface area contributed by atoms with E-state index in [2.05, 4.69) is 14.5 Å². The van der Waals surface area contributed by atoms with Crippen LogP contribution in [0.4, 0.5) is 13.2 Å². The zero-order valence-electron chi connectivity index (χ0n) is 10.1. The molecule has 0 aliphatic heterocycles. The molecule has 6 nitrogen and oxygen atoms in total. The van der Waals surface area contributed by atoms with Crippen molar-refractivity contribution in [2.75, 3.05) is 14.2 Å². The number of alkyl halides is 3. The molecule has 0 spiro atoms. The van der Waals surface area contributed by atoms with E-state index in [1.165, 1.54) is 0 Å². The molecule has 1 rings (SSSR count). The summed E-state index contributed by atoms with van der Waals surface area (Å²) in [5.74, 6) is -2.13. The van der Waals surface area contributed by atoms with Gasteiger partial charge >= 0.3 is 12.3 Å². The first-order valence-electron chi connectivity index (χ1n) is 4.94. The number of methoxy groups -OCH3 is 2. The maximum absolute atomic E-state index is 12.3. The van der Waals surface area contributed by atoms with Crippen molar-refractivity contribution in [2.24, 2.45) is 5.73 Å². The van der Waals surface area contributed by atoms with E-state index < -0.39 is 29.5 Å². The van der Waals surface area contributed by atoms with Gasteiger partial charge in [0, 0.05) is 18.3 Å². The zero-order valence-corrected chi connectivity index (χ0v) is 10.1. The summed E-state index contributed by atoms with van der Waals surface area (Å²) in [6.07, 6.45) is -3.96. The van der Waals surface area contributed by atoms with E-state index in [9.17, 15) is 18.0 Å². The van der Waals surface area contributed by atoms with Crippen molar-refractivity contribution in [1.29, 1.82) is 0 Å². The van der Waals surface area contributed by atoms with Crippen molar-refractivity contribution < 1.29 is 32.2 Å². The number of ether oxygens (including phenoxy) is 3. The predicted molar refractivity (Wildman–Crippen MR) is 56.7 cm³/mol. The maximum Gasteiger partial charge on any atom is 0.573 e. The molecule has 0 atom stereocenters. The standard InChI is InChI=1S/C10H11F3N2O4/c1-17-8-6(9(16)18-2)15-4-5(3-14)7(8)19-10(11,12)13/h4H,3,14H2,1-2H3. The summed E-state index contributed by atoms with van der Waals surface area (Å²) in [7, 11) is 2.14. The molecule has 106 valence electrons. The fraction of sp³-hybridized carbons (Fsp3) is 0.400. The Bertz CT molecular complexity index is 477. The summed E-state index contributed by atoms with van der Waals surface area (Å²) >= 11 is 0. The maximum atomic E-state index is 12.3.